The fourth-order valence-corrected chi connectivity index (χ4v) is 6.89. The van der Waals surface area contributed by atoms with Gasteiger partial charge in [-0.1, -0.05) is 24.3 Å². The predicted octanol–water partition coefficient (Wildman–Crippen LogP) is 2.94. The van der Waals surface area contributed by atoms with Gasteiger partial charge in [-0.25, -0.2) is 13.2 Å². The normalized spacial score (nSPS) is 16.1. The molecule has 1 saturated heterocycles. The van der Waals surface area contributed by atoms with Crippen LogP contribution in [0, 0.1) is 0 Å². The van der Waals surface area contributed by atoms with Gasteiger partial charge in [0.15, 0.2) is 0 Å². The predicted molar refractivity (Wildman–Crippen MR) is 144 cm³/mol. The Bertz CT molecular complexity index is 1770. The molecule has 1 atom stereocenters. The summed E-state index contributed by atoms with van der Waals surface area (Å²) in [6.07, 6.45) is 0.167. The van der Waals surface area contributed by atoms with Gasteiger partial charge in [0.05, 0.1) is 10.4 Å². The van der Waals surface area contributed by atoms with Crippen molar-refractivity contribution in [3.63, 3.8) is 0 Å². The molecule has 6 rings (SSSR count). The Hall–Kier alpha value is -3.64. The van der Waals surface area contributed by atoms with Gasteiger partial charge < -0.3 is 29.5 Å². The van der Waals surface area contributed by atoms with Crippen molar-refractivity contribution in [2.75, 3.05) is 26.2 Å². The Morgan fingerprint density at radius 1 is 1.00 bits per heavy atom. The molecule has 2 aromatic heterocycles. The SMILES string of the molecule is O=c1[nH]c2cccc(OC[C@@H](O)CN(C3CCNCC3)S(=O)(=O)c3ccc4oc5ccccc5c4c3)c2[nH]1. The third-order valence-electron chi connectivity index (χ3n) is 7.01. The minimum Gasteiger partial charge on any atom is -0.489 e. The number of rotatable bonds is 8. The maximum atomic E-state index is 14.0. The van der Waals surface area contributed by atoms with Gasteiger partial charge in [0.1, 0.15) is 35.1 Å². The van der Waals surface area contributed by atoms with Crippen LogP contribution in [0.1, 0.15) is 12.8 Å². The molecule has 1 aliphatic rings. The number of aliphatic hydroxyl groups is 1. The number of imidazole rings is 1. The van der Waals surface area contributed by atoms with E-state index in [0.29, 0.717) is 53.9 Å². The molecule has 0 saturated carbocycles. The number of furan rings is 1. The van der Waals surface area contributed by atoms with Crippen LogP contribution < -0.4 is 15.7 Å². The van der Waals surface area contributed by atoms with Crippen molar-refractivity contribution in [3.8, 4) is 5.75 Å². The second-order valence-electron chi connectivity index (χ2n) is 9.53. The third-order valence-corrected chi connectivity index (χ3v) is 8.92. The van der Waals surface area contributed by atoms with Gasteiger partial charge in [0.25, 0.3) is 0 Å². The number of aliphatic hydroxyl groups excluding tert-OH is 1. The summed E-state index contributed by atoms with van der Waals surface area (Å²) in [7, 11) is -3.95. The highest BCUT2D eigenvalue weighted by atomic mass is 32.2. The Morgan fingerprint density at radius 2 is 1.79 bits per heavy atom. The van der Waals surface area contributed by atoms with E-state index in [4.69, 9.17) is 9.15 Å². The van der Waals surface area contributed by atoms with Gasteiger partial charge in [0.2, 0.25) is 10.0 Å². The molecule has 0 bridgehead atoms. The van der Waals surface area contributed by atoms with E-state index in [1.807, 2.05) is 24.3 Å². The Kier molecular flexibility index (Phi) is 6.44. The van der Waals surface area contributed by atoms with Gasteiger partial charge >= 0.3 is 5.69 Å². The van der Waals surface area contributed by atoms with E-state index >= 15 is 0 Å². The lowest BCUT2D eigenvalue weighted by molar-refractivity contribution is 0.0778. The summed E-state index contributed by atoms with van der Waals surface area (Å²) in [5.41, 5.74) is 2.03. The highest BCUT2D eigenvalue weighted by Crippen LogP contribution is 2.32. The Balaban J connectivity index is 1.28. The molecule has 0 spiro atoms. The molecule has 0 amide bonds. The van der Waals surface area contributed by atoms with Crippen molar-refractivity contribution < 1.29 is 22.7 Å². The second kappa shape index (κ2) is 9.91. The zero-order chi connectivity index (χ0) is 26.3. The first-order valence-corrected chi connectivity index (χ1v) is 14.0. The average Bonchev–Trinajstić information content (AvgIpc) is 3.50. The quantitative estimate of drug-likeness (QED) is 0.239. The van der Waals surface area contributed by atoms with Crippen LogP contribution >= 0.6 is 0 Å². The standard InChI is InChI=1S/C27H28N4O6S/c32-18(16-36-25-7-3-5-22-26(25)30-27(33)29-22)15-31(17-10-12-28-13-11-17)38(34,35)19-8-9-24-21(14-19)20-4-1-2-6-23(20)37-24/h1-9,14,17-18,28,32H,10-13,15-16H2,(H2,29,30,33)/t18-/m0/s1. The minimum atomic E-state index is -3.95. The van der Waals surface area contributed by atoms with Crippen molar-refractivity contribution in [2.24, 2.45) is 0 Å². The molecule has 0 aliphatic carbocycles. The van der Waals surface area contributed by atoms with E-state index in [9.17, 15) is 18.3 Å². The van der Waals surface area contributed by atoms with Crippen molar-refractivity contribution in [3.05, 3.63) is 71.1 Å². The van der Waals surface area contributed by atoms with E-state index in [1.54, 1.807) is 36.4 Å². The van der Waals surface area contributed by atoms with E-state index in [1.165, 1.54) is 4.31 Å². The smallest absolute Gasteiger partial charge is 0.323 e. The molecule has 10 nitrogen and oxygen atoms in total. The molecular weight excluding hydrogens is 508 g/mol. The number of fused-ring (bicyclic) bond motifs is 4. The summed E-state index contributed by atoms with van der Waals surface area (Å²) in [6, 6.07) is 17.3. The maximum Gasteiger partial charge on any atom is 0.323 e. The minimum absolute atomic E-state index is 0.128. The number of nitrogens with zero attached hydrogens (tertiary/aromatic N) is 1. The lowest BCUT2D eigenvalue weighted by Gasteiger charge is -2.35. The van der Waals surface area contributed by atoms with Gasteiger partial charge in [-0.15, -0.1) is 0 Å². The topological polar surface area (TPSA) is 141 Å². The van der Waals surface area contributed by atoms with Crippen LogP contribution in [0.15, 0.2) is 74.8 Å². The van der Waals surface area contributed by atoms with Crippen LogP contribution in [0.25, 0.3) is 33.0 Å². The molecule has 1 aliphatic heterocycles. The number of aromatic nitrogens is 2. The maximum absolute atomic E-state index is 14.0. The molecular formula is C27H28N4O6S. The first-order chi connectivity index (χ1) is 18.4. The van der Waals surface area contributed by atoms with E-state index in [-0.39, 0.29) is 29.8 Å². The highest BCUT2D eigenvalue weighted by molar-refractivity contribution is 7.89. The Labute approximate surface area is 218 Å². The summed E-state index contributed by atoms with van der Waals surface area (Å²) in [4.78, 5) is 17.2. The lowest BCUT2D eigenvalue weighted by atomic mass is 10.1. The molecule has 1 fully saturated rings. The number of nitrogens with one attached hydrogen (secondary N) is 3. The number of para-hydroxylation sites is 2. The summed E-state index contributed by atoms with van der Waals surface area (Å²) < 4.78 is 41.1. The molecule has 3 aromatic carbocycles. The van der Waals surface area contributed by atoms with Crippen molar-refractivity contribution in [1.29, 1.82) is 0 Å². The number of aromatic amines is 2. The first-order valence-electron chi connectivity index (χ1n) is 12.6. The van der Waals surface area contributed by atoms with Crippen molar-refractivity contribution in [1.82, 2.24) is 19.6 Å². The molecule has 198 valence electrons. The lowest BCUT2D eigenvalue weighted by Crippen LogP contribution is -2.49. The highest BCUT2D eigenvalue weighted by Gasteiger charge is 2.34. The Morgan fingerprint density at radius 3 is 2.63 bits per heavy atom. The van der Waals surface area contributed by atoms with Gasteiger partial charge in [-0.3, -0.25) is 0 Å². The van der Waals surface area contributed by atoms with Gasteiger partial charge in [-0.2, -0.15) is 4.31 Å². The molecule has 11 heteroatoms. The number of benzene rings is 3. The van der Waals surface area contributed by atoms with Crippen molar-refractivity contribution in [2.45, 2.75) is 29.9 Å². The molecule has 0 unspecified atom stereocenters. The van der Waals surface area contributed by atoms with Gasteiger partial charge in [0, 0.05) is 23.4 Å². The summed E-state index contributed by atoms with van der Waals surface area (Å²) in [5.74, 6) is 0.397. The number of ether oxygens (including phenoxy) is 1. The third kappa shape index (κ3) is 4.58. The van der Waals surface area contributed by atoms with E-state index in [2.05, 4.69) is 15.3 Å². The fraction of sp³-hybridized carbons (Fsp3) is 0.296. The summed E-state index contributed by atoms with van der Waals surface area (Å²) >= 11 is 0. The summed E-state index contributed by atoms with van der Waals surface area (Å²) in [5, 5.41) is 15.8. The van der Waals surface area contributed by atoms with Crippen LogP contribution in [0.2, 0.25) is 0 Å². The molecule has 3 heterocycles. The molecule has 4 N–H and O–H groups in total. The average molecular weight is 537 g/mol. The fourth-order valence-electron chi connectivity index (χ4n) is 5.14. The molecule has 38 heavy (non-hydrogen) atoms. The number of sulfonamides is 1. The second-order valence-corrected chi connectivity index (χ2v) is 11.4. The summed E-state index contributed by atoms with van der Waals surface area (Å²) in [6.45, 7) is 1.11. The number of piperidine rings is 1. The first kappa shape index (κ1) is 24.7. The van der Waals surface area contributed by atoms with Crippen LogP contribution in [0.5, 0.6) is 5.75 Å². The van der Waals surface area contributed by atoms with Crippen LogP contribution in [0.4, 0.5) is 0 Å². The van der Waals surface area contributed by atoms with Crippen LogP contribution in [0.3, 0.4) is 0 Å². The van der Waals surface area contributed by atoms with Crippen LogP contribution in [-0.4, -0.2) is 66.2 Å². The number of hydrogen-bond acceptors (Lipinski definition) is 7. The largest absolute Gasteiger partial charge is 0.489 e. The zero-order valence-corrected chi connectivity index (χ0v) is 21.3. The zero-order valence-electron chi connectivity index (χ0n) is 20.5. The van der Waals surface area contributed by atoms with Gasteiger partial charge in [-0.05, 0) is 62.3 Å². The van der Waals surface area contributed by atoms with E-state index < -0.39 is 16.1 Å². The number of hydrogen-bond donors (Lipinski definition) is 4. The van der Waals surface area contributed by atoms with E-state index in [0.717, 1.165) is 10.8 Å². The molecule has 0 radical (unpaired) electrons. The molecule has 5 aromatic rings. The van der Waals surface area contributed by atoms with Crippen LogP contribution in [-0.2, 0) is 10.0 Å². The van der Waals surface area contributed by atoms with Crippen molar-refractivity contribution >= 4 is 43.0 Å². The number of H-pyrrole nitrogens is 2. The monoisotopic (exact) mass is 536 g/mol.